The summed E-state index contributed by atoms with van der Waals surface area (Å²) in [5, 5.41) is 5.40. The monoisotopic (exact) mass is 304 g/mol. The second-order valence-electron chi connectivity index (χ2n) is 5.70. The van der Waals surface area contributed by atoms with Gasteiger partial charge < -0.3 is 9.88 Å². The summed E-state index contributed by atoms with van der Waals surface area (Å²) >= 11 is 1.68. The molecule has 0 aliphatic carbocycles. The first-order valence-corrected chi connectivity index (χ1v) is 8.48. The first-order chi connectivity index (χ1) is 10.1. The second kappa shape index (κ2) is 7.57. The molecule has 2 aromatic rings. The van der Waals surface area contributed by atoms with Crippen LogP contribution in [-0.2, 0) is 13.1 Å². The molecule has 0 spiro atoms. The van der Waals surface area contributed by atoms with Gasteiger partial charge in [0, 0.05) is 18.7 Å². The van der Waals surface area contributed by atoms with E-state index in [4.69, 9.17) is 0 Å². The molecule has 0 unspecified atom stereocenters. The first kappa shape index (κ1) is 16.0. The molecule has 1 N–H and O–H groups in total. The number of nitrogens with one attached hydrogen (secondary N) is 1. The zero-order chi connectivity index (χ0) is 15.2. The molecular formula is C17H24N2OS. The van der Waals surface area contributed by atoms with Gasteiger partial charge in [0.05, 0.1) is 10.6 Å². The minimum Gasteiger partial charge on any atom is -0.312 e. The third-order valence-corrected chi connectivity index (χ3v) is 4.23. The highest BCUT2D eigenvalue weighted by Gasteiger charge is 2.10. The third kappa shape index (κ3) is 4.05. The summed E-state index contributed by atoms with van der Waals surface area (Å²) in [5.74, 6) is 0.591. The summed E-state index contributed by atoms with van der Waals surface area (Å²) in [4.78, 5) is 13.8. The number of thiophene rings is 1. The van der Waals surface area contributed by atoms with Gasteiger partial charge in [0.2, 0.25) is 0 Å². The number of aromatic nitrogens is 1. The predicted octanol–water partition coefficient (Wildman–Crippen LogP) is 3.73. The fraction of sp³-hybridized carbons (Fsp3) is 0.471. The number of hydrogen-bond donors (Lipinski definition) is 1. The van der Waals surface area contributed by atoms with Crippen LogP contribution in [0.3, 0.4) is 0 Å². The molecule has 0 saturated carbocycles. The first-order valence-electron chi connectivity index (χ1n) is 7.60. The molecule has 0 bridgehead atoms. The maximum absolute atomic E-state index is 12.7. The molecule has 3 nitrogen and oxygen atoms in total. The Bertz CT molecular complexity index is 614. The zero-order valence-corrected chi connectivity index (χ0v) is 13.9. The SMILES string of the molecule is CCCn1c(-c2cccs2)ccc(CNCC(C)C)c1=O. The largest absolute Gasteiger partial charge is 0.312 e. The molecule has 0 amide bonds. The molecule has 21 heavy (non-hydrogen) atoms. The van der Waals surface area contributed by atoms with Gasteiger partial charge in [-0.1, -0.05) is 32.9 Å². The highest BCUT2D eigenvalue weighted by Crippen LogP contribution is 2.24. The van der Waals surface area contributed by atoms with Gasteiger partial charge in [0.25, 0.3) is 5.56 Å². The lowest BCUT2D eigenvalue weighted by atomic mass is 10.2. The Labute approximate surface area is 130 Å². The fourth-order valence-corrected chi connectivity index (χ4v) is 3.10. The van der Waals surface area contributed by atoms with Crippen molar-refractivity contribution in [3.8, 4) is 10.6 Å². The van der Waals surface area contributed by atoms with Crippen LogP contribution in [0.2, 0.25) is 0 Å². The van der Waals surface area contributed by atoms with Crippen LogP contribution in [0, 0.1) is 5.92 Å². The van der Waals surface area contributed by atoms with Crippen molar-refractivity contribution < 1.29 is 0 Å². The van der Waals surface area contributed by atoms with E-state index in [2.05, 4.69) is 38.2 Å². The van der Waals surface area contributed by atoms with E-state index in [1.54, 1.807) is 11.3 Å². The van der Waals surface area contributed by atoms with Gasteiger partial charge in [-0.05, 0) is 36.4 Å². The normalized spacial score (nSPS) is 11.2. The summed E-state index contributed by atoms with van der Waals surface area (Å²) in [7, 11) is 0. The average Bonchev–Trinajstić information content (AvgIpc) is 2.96. The summed E-state index contributed by atoms with van der Waals surface area (Å²) < 4.78 is 1.91. The van der Waals surface area contributed by atoms with Crippen LogP contribution >= 0.6 is 11.3 Å². The lowest BCUT2D eigenvalue weighted by molar-refractivity contribution is 0.547. The lowest BCUT2D eigenvalue weighted by Crippen LogP contribution is -2.29. The fourth-order valence-electron chi connectivity index (χ4n) is 2.34. The Balaban J connectivity index is 2.30. The van der Waals surface area contributed by atoms with Crippen molar-refractivity contribution in [3.63, 3.8) is 0 Å². The summed E-state index contributed by atoms with van der Waals surface area (Å²) in [6.45, 7) is 8.79. The Morgan fingerprint density at radius 3 is 2.71 bits per heavy atom. The highest BCUT2D eigenvalue weighted by molar-refractivity contribution is 7.13. The molecule has 0 atom stereocenters. The van der Waals surface area contributed by atoms with E-state index in [1.165, 1.54) is 0 Å². The minimum absolute atomic E-state index is 0.138. The van der Waals surface area contributed by atoms with E-state index in [-0.39, 0.29) is 5.56 Å². The van der Waals surface area contributed by atoms with Crippen molar-refractivity contribution in [1.29, 1.82) is 0 Å². The molecule has 0 radical (unpaired) electrons. The Hall–Kier alpha value is -1.39. The molecule has 2 aromatic heterocycles. The van der Waals surface area contributed by atoms with Crippen LogP contribution in [0.4, 0.5) is 0 Å². The van der Waals surface area contributed by atoms with Gasteiger partial charge in [-0.15, -0.1) is 11.3 Å². The van der Waals surface area contributed by atoms with E-state index >= 15 is 0 Å². The van der Waals surface area contributed by atoms with Gasteiger partial charge in [-0.25, -0.2) is 0 Å². The van der Waals surface area contributed by atoms with Gasteiger partial charge in [-0.3, -0.25) is 4.79 Å². The van der Waals surface area contributed by atoms with Crippen molar-refractivity contribution in [3.05, 3.63) is 45.6 Å². The van der Waals surface area contributed by atoms with Crippen molar-refractivity contribution in [2.24, 2.45) is 5.92 Å². The molecular weight excluding hydrogens is 280 g/mol. The van der Waals surface area contributed by atoms with E-state index in [0.717, 1.165) is 35.6 Å². The maximum Gasteiger partial charge on any atom is 0.255 e. The van der Waals surface area contributed by atoms with E-state index in [1.807, 2.05) is 22.1 Å². The summed E-state index contributed by atoms with van der Waals surface area (Å²) in [6.07, 6.45) is 0.959. The van der Waals surface area contributed by atoms with Crippen LogP contribution < -0.4 is 10.9 Å². The van der Waals surface area contributed by atoms with Crippen LogP contribution in [0.15, 0.2) is 34.4 Å². The standard InChI is InChI=1S/C17H24N2OS/c1-4-9-19-15(16-6-5-10-21-16)8-7-14(17(19)20)12-18-11-13(2)3/h5-8,10,13,18H,4,9,11-12H2,1-3H3. The van der Waals surface area contributed by atoms with Crippen LogP contribution in [0.5, 0.6) is 0 Å². The molecule has 0 aliphatic heterocycles. The van der Waals surface area contributed by atoms with Gasteiger partial charge in [0.1, 0.15) is 0 Å². The lowest BCUT2D eigenvalue weighted by Gasteiger charge is -2.14. The molecule has 4 heteroatoms. The third-order valence-electron chi connectivity index (χ3n) is 3.34. The number of hydrogen-bond acceptors (Lipinski definition) is 3. The van der Waals surface area contributed by atoms with Crippen molar-refractivity contribution in [2.45, 2.75) is 40.3 Å². The van der Waals surface area contributed by atoms with Gasteiger partial charge >= 0.3 is 0 Å². The van der Waals surface area contributed by atoms with Crippen molar-refractivity contribution in [2.75, 3.05) is 6.54 Å². The summed E-state index contributed by atoms with van der Waals surface area (Å²) in [6, 6.07) is 8.15. The number of rotatable bonds is 7. The molecule has 2 heterocycles. The molecule has 0 fully saturated rings. The smallest absolute Gasteiger partial charge is 0.255 e. The molecule has 2 rings (SSSR count). The summed E-state index contributed by atoms with van der Waals surface area (Å²) in [5.41, 5.74) is 2.02. The van der Waals surface area contributed by atoms with Gasteiger partial charge in [0.15, 0.2) is 0 Å². The van der Waals surface area contributed by atoms with E-state index < -0.39 is 0 Å². The minimum atomic E-state index is 0.138. The average molecular weight is 304 g/mol. The Kier molecular flexibility index (Phi) is 5.76. The Morgan fingerprint density at radius 1 is 1.29 bits per heavy atom. The molecule has 0 aliphatic rings. The topological polar surface area (TPSA) is 34.0 Å². The molecule has 0 saturated heterocycles. The quantitative estimate of drug-likeness (QED) is 0.845. The van der Waals surface area contributed by atoms with Gasteiger partial charge in [-0.2, -0.15) is 0 Å². The zero-order valence-electron chi connectivity index (χ0n) is 13.1. The second-order valence-corrected chi connectivity index (χ2v) is 6.65. The Morgan fingerprint density at radius 2 is 2.10 bits per heavy atom. The van der Waals surface area contributed by atoms with E-state index in [9.17, 15) is 4.79 Å². The van der Waals surface area contributed by atoms with Crippen LogP contribution in [0.1, 0.15) is 32.8 Å². The molecule has 114 valence electrons. The predicted molar refractivity (Wildman–Crippen MR) is 90.9 cm³/mol. The number of nitrogens with zero attached hydrogens (tertiary/aromatic N) is 1. The maximum atomic E-state index is 12.7. The molecule has 0 aromatic carbocycles. The van der Waals surface area contributed by atoms with E-state index in [0.29, 0.717) is 12.5 Å². The van der Waals surface area contributed by atoms with Crippen molar-refractivity contribution in [1.82, 2.24) is 9.88 Å². The van der Waals surface area contributed by atoms with Crippen molar-refractivity contribution >= 4 is 11.3 Å². The number of pyridine rings is 1. The van der Waals surface area contributed by atoms with Crippen LogP contribution in [-0.4, -0.2) is 11.1 Å². The highest BCUT2D eigenvalue weighted by atomic mass is 32.1. The van der Waals surface area contributed by atoms with Crippen LogP contribution in [0.25, 0.3) is 10.6 Å².